The minimum atomic E-state index is -0.597. The third kappa shape index (κ3) is 2.50. The molecule has 4 rings (SSSR count). The van der Waals surface area contributed by atoms with Gasteiger partial charge in [0.1, 0.15) is 24.2 Å². The van der Waals surface area contributed by atoms with E-state index in [-0.39, 0.29) is 11.7 Å². The molecule has 1 aromatic carbocycles. The third-order valence-corrected chi connectivity index (χ3v) is 4.38. The van der Waals surface area contributed by atoms with Gasteiger partial charge in [0.25, 0.3) is 0 Å². The van der Waals surface area contributed by atoms with Crippen molar-refractivity contribution >= 4 is 5.82 Å². The Morgan fingerprint density at radius 3 is 2.96 bits per heavy atom. The largest absolute Gasteiger partial charge is 0.359 e. The molecule has 2 aliphatic heterocycles. The molecule has 2 aliphatic rings. The van der Waals surface area contributed by atoms with Crippen molar-refractivity contribution in [3.8, 4) is 0 Å². The van der Waals surface area contributed by atoms with Crippen LogP contribution in [0.3, 0.4) is 0 Å². The van der Waals surface area contributed by atoms with Crippen molar-refractivity contribution in [1.82, 2.24) is 9.55 Å². The Labute approximate surface area is 131 Å². The van der Waals surface area contributed by atoms with Crippen LogP contribution < -0.4 is 10.6 Å². The van der Waals surface area contributed by atoms with Crippen molar-refractivity contribution in [2.24, 2.45) is 0 Å². The van der Waals surface area contributed by atoms with E-state index in [4.69, 9.17) is 4.74 Å². The molecule has 3 heterocycles. The van der Waals surface area contributed by atoms with Crippen molar-refractivity contribution in [3.05, 3.63) is 57.6 Å². The highest BCUT2D eigenvalue weighted by molar-refractivity contribution is 5.46. The average Bonchev–Trinajstić information content (AvgIpc) is 3.08. The van der Waals surface area contributed by atoms with Gasteiger partial charge in [0.2, 0.25) is 0 Å². The second-order valence-corrected chi connectivity index (χ2v) is 5.86. The predicted octanol–water partition coefficient (Wildman–Crippen LogP) is 1.48. The van der Waals surface area contributed by atoms with Crippen LogP contribution >= 0.6 is 0 Å². The summed E-state index contributed by atoms with van der Waals surface area (Å²) in [5.41, 5.74) is 0.736. The van der Waals surface area contributed by atoms with E-state index in [1.54, 1.807) is 4.57 Å². The Morgan fingerprint density at radius 1 is 1.26 bits per heavy atom. The van der Waals surface area contributed by atoms with Crippen LogP contribution in [0.5, 0.6) is 0 Å². The quantitative estimate of drug-likeness (QED) is 0.860. The smallest absolute Gasteiger partial charge is 0.349 e. The molecule has 0 unspecified atom stereocenters. The number of aromatic nitrogens is 2. The minimum Gasteiger partial charge on any atom is -0.359 e. The number of aryl methyl sites for hydroxylation is 2. The SMILES string of the molecule is O=c1nc(CCc2ccc(F)cc2F)cc2n1C[C@H]1COCN21. The van der Waals surface area contributed by atoms with Crippen LogP contribution in [0.4, 0.5) is 14.6 Å². The lowest BCUT2D eigenvalue weighted by atomic mass is 10.1. The van der Waals surface area contributed by atoms with Crippen LogP contribution in [0, 0.1) is 11.6 Å². The van der Waals surface area contributed by atoms with E-state index in [1.165, 1.54) is 12.1 Å². The third-order valence-electron chi connectivity index (χ3n) is 4.38. The molecule has 2 aromatic rings. The average molecular weight is 319 g/mol. The van der Waals surface area contributed by atoms with Gasteiger partial charge in [-0.3, -0.25) is 4.57 Å². The van der Waals surface area contributed by atoms with Gasteiger partial charge in [-0.15, -0.1) is 0 Å². The summed E-state index contributed by atoms with van der Waals surface area (Å²) in [6.45, 7) is 1.67. The number of hydrogen-bond donors (Lipinski definition) is 0. The lowest BCUT2D eigenvalue weighted by molar-refractivity contribution is 0.189. The number of rotatable bonds is 3. The van der Waals surface area contributed by atoms with Gasteiger partial charge in [-0.25, -0.2) is 13.6 Å². The fraction of sp³-hybridized carbons (Fsp3) is 0.375. The summed E-state index contributed by atoms with van der Waals surface area (Å²) in [7, 11) is 0. The molecule has 0 amide bonds. The minimum absolute atomic E-state index is 0.189. The van der Waals surface area contributed by atoms with Crippen LogP contribution in [0.2, 0.25) is 0 Å². The van der Waals surface area contributed by atoms with E-state index in [2.05, 4.69) is 4.98 Å². The topological polar surface area (TPSA) is 47.4 Å². The zero-order valence-electron chi connectivity index (χ0n) is 12.3. The monoisotopic (exact) mass is 319 g/mol. The van der Waals surface area contributed by atoms with Crippen LogP contribution in [-0.2, 0) is 24.1 Å². The Balaban J connectivity index is 1.57. The number of nitrogens with zero attached hydrogens (tertiary/aromatic N) is 3. The Morgan fingerprint density at radius 2 is 2.13 bits per heavy atom. The van der Waals surface area contributed by atoms with Crippen LogP contribution in [0.1, 0.15) is 11.3 Å². The molecule has 5 nitrogen and oxygen atoms in total. The van der Waals surface area contributed by atoms with Crippen LogP contribution in [0.15, 0.2) is 29.1 Å². The van der Waals surface area contributed by atoms with Crippen molar-refractivity contribution in [1.29, 1.82) is 0 Å². The molecule has 0 spiro atoms. The van der Waals surface area contributed by atoms with Crippen LogP contribution in [0.25, 0.3) is 0 Å². The highest BCUT2D eigenvalue weighted by atomic mass is 19.1. The number of benzene rings is 1. The molecule has 1 aromatic heterocycles. The van der Waals surface area contributed by atoms with E-state index >= 15 is 0 Å². The van der Waals surface area contributed by atoms with Gasteiger partial charge in [0.15, 0.2) is 0 Å². The second-order valence-electron chi connectivity index (χ2n) is 5.86. The molecule has 7 heteroatoms. The maximum Gasteiger partial charge on any atom is 0.349 e. The molecule has 120 valence electrons. The molecule has 1 fully saturated rings. The van der Waals surface area contributed by atoms with Crippen molar-refractivity contribution in [3.63, 3.8) is 0 Å². The highest BCUT2D eigenvalue weighted by Crippen LogP contribution is 2.28. The molecular formula is C16H15F2N3O2. The summed E-state index contributed by atoms with van der Waals surface area (Å²) in [6, 6.07) is 5.57. The first kappa shape index (κ1) is 14.3. The Hall–Kier alpha value is -2.28. The number of hydrogen-bond acceptors (Lipinski definition) is 4. The first-order valence-corrected chi connectivity index (χ1v) is 7.51. The molecule has 0 bridgehead atoms. The lowest BCUT2D eigenvalue weighted by Gasteiger charge is -2.15. The van der Waals surface area contributed by atoms with Gasteiger partial charge in [-0.2, -0.15) is 4.98 Å². The zero-order chi connectivity index (χ0) is 16.0. The summed E-state index contributed by atoms with van der Waals surface area (Å²) in [5.74, 6) is -0.363. The zero-order valence-corrected chi connectivity index (χ0v) is 12.3. The molecule has 1 saturated heterocycles. The van der Waals surface area contributed by atoms with E-state index in [1.807, 2.05) is 11.0 Å². The van der Waals surface area contributed by atoms with Crippen molar-refractivity contribution < 1.29 is 13.5 Å². The fourth-order valence-corrected chi connectivity index (χ4v) is 3.16. The molecule has 0 N–H and O–H groups in total. The van der Waals surface area contributed by atoms with E-state index in [0.717, 1.165) is 11.9 Å². The summed E-state index contributed by atoms with van der Waals surface area (Å²) in [5, 5.41) is 0. The number of fused-ring (bicyclic) bond motifs is 3. The Kier molecular flexibility index (Phi) is 3.37. The maximum absolute atomic E-state index is 13.7. The van der Waals surface area contributed by atoms with Gasteiger partial charge >= 0.3 is 5.69 Å². The van der Waals surface area contributed by atoms with Gasteiger partial charge in [0, 0.05) is 12.1 Å². The summed E-state index contributed by atoms with van der Waals surface area (Å²) >= 11 is 0. The second kappa shape index (κ2) is 5.42. The standard InChI is InChI=1S/C16H15F2N3O2/c17-11-3-1-10(14(18)5-11)2-4-12-6-15-20(16(22)19-12)7-13-8-23-9-21(13)15/h1,3,5-6,13H,2,4,7-9H2/t13-/m0/s1. The van der Waals surface area contributed by atoms with Gasteiger partial charge in [0.05, 0.1) is 24.9 Å². The Bertz CT molecular complexity index is 821. The van der Waals surface area contributed by atoms with Crippen molar-refractivity contribution in [2.45, 2.75) is 25.4 Å². The fourth-order valence-electron chi connectivity index (χ4n) is 3.16. The normalized spacial score (nSPS) is 19.0. The number of halogens is 2. The first-order valence-electron chi connectivity index (χ1n) is 7.51. The van der Waals surface area contributed by atoms with E-state index in [9.17, 15) is 13.6 Å². The number of ether oxygens (including phenoxy) is 1. The molecule has 23 heavy (non-hydrogen) atoms. The summed E-state index contributed by atoms with van der Waals surface area (Å²) in [4.78, 5) is 18.3. The summed E-state index contributed by atoms with van der Waals surface area (Å²) < 4.78 is 33.7. The van der Waals surface area contributed by atoms with E-state index < -0.39 is 11.6 Å². The van der Waals surface area contributed by atoms with Gasteiger partial charge in [-0.05, 0) is 24.5 Å². The van der Waals surface area contributed by atoms with Crippen molar-refractivity contribution in [2.75, 3.05) is 18.2 Å². The highest BCUT2D eigenvalue weighted by Gasteiger charge is 2.35. The molecular weight excluding hydrogens is 304 g/mol. The maximum atomic E-state index is 13.7. The molecule has 0 saturated carbocycles. The lowest BCUT2D eigenvalue weighted by Crippen LogP contribution is -2.26. The first-order chi connectivity index (χ1) is 11.1. The van der Waals surface area contributed by atoms with Gasteiger partial charge < -0.3 is 9.64 Å². The summed E-state index contributed by atoms with van der Waals surface area (Å²) in [6.07, 6.45) is 0.785. The van der Waals surface area contributed by atoms with Gasteiger partial charge in [-0.1, -0.05) is 6.07 Å². The van der Waals surface area contributed by atoms with E-state index in [0.29, 0.717) is 44.0 Å². The van der Waals surface area contributed by atoms with Crippen LogP contribution in [-0.4, -0.2) is 28.9 Å². The molecule has 1 atom stereocenters. The molecule has 0 aliphatic carbocycles. The predicted molar refractivity (Wildman–Crippen MR) is 79.3 cm³/mol. The molecule has 0 radical (unpaired) electrons. The number of anilines is 1.